The fourth-order valence-electron chi connectivity index (χ4n) is 2.56. The second-order valence-corrected chi connectivity index (χ2v) is 5.54. The van der Waals surface area contributed by atoms with Crippen LogP contribution in [0.4, 0.5) is 4.79 Å². The Balaban J connectivity index is 0.00000184. The minimum Gasteiger partial charge on any atom is -0.447 e. The third-order valence-corrected chi connectivity index (χ3v) is 3.78. The van der Waals surface area contributed by atoms with Gasteiger partial charge in [-0.1, -0.05) is 30.3 Å². The summed E-state index contributed by atoms with van der Waals surface area (Å²) in [6.45, 7) is -0.166. The van der Waals surface area contributed by atoms with Gasteiger partial charge in [-0.25, -0.2) is 4.79 Å². The lowest BCUT2D eigenvalue weighted by molar-refractivity contribution is -0.131. The number of rotatable bonds is 7. The topological polar surface area (TPSA) is 183 Å². The van der Waals surface area contributed by atoms with Gasteiger partial charge in [0.15, 0.2) is 0 Å². The van der Waals surface area contributed by atoms with Gasteiger partial charge < -0.3 is 32.6 Å². The molecule has 1 heterocycles. The molecule has 1 aromatic rings. The van der Waals surface area contributed by atoms with Gasteiger partial charge >= 0.3 is 6.09 Å². The molecule has 2 atom stereocenters. The predicted molar refractivity (Wildman–Crippen MR) is 107 cm³/mol. The molecule has 1 aromatic carbocycles. The molecule has 11 nitrogen and oxygen atoms in total. The molecular weight excluding hydrogens is 380 g/mol. The average molecular weight is 410 g/mol. The number of primary amides is 1. The van der Waals surface area contributed by atoms with Gasteiger partial charge in [0.2, 0.25) is 17.7 Å². The van der Waals surface area contributed by atoms with Gasteiger partial charge in [-0.2, -0.15) is 0 Å². The van der Waals surface area contributed by atoms with Gasteiger partial charge in [-0.3, -0.25) is 19.3 Å². The zero-order chi connectivity index (χ0) is 22.4. The smallest absolute Gasteiger partial charge is 0.410 e. The Morgan fingerprint density at radius 2 is 1.76 bits per heavy atom. The number of cyclic esters (lactones) is 1. The fraction of sp³-hybridized carbons (Fsp3) is 0.444. The lowest BCUT2D eigenvalue weighted by Gasteiger charge is -2.22. The van der Waals surface area contributed by atoms with Crippen molar-refractivity contribution in [1.29, 1.82) is 0 Å². The lowest BCUT2D eigenvalue weighted by atomic mass is 10.1. The SMILES string of the molecule is CN.CN.CNC(=O)[C@H](CC(N)=O)NC(=O)CN1C(=O)OC[C@H]1c1ccccc1. The summed E-state index contributed by atoms with van der Waals surface area (Å²) in [7, 11) is 4.38. The molecule has 0 unspecified atom stereocenters. The zero-order valence-electron chi connectivity index (χ0n) is 16.9. The van der Waals surface area contributed by atoms with Crippen LogP contribution in [0.25, 0.3) is 0 Å². The second-order valence-electron chi connectivity index (χ2n) is 5.54. The van der Waals surface area contributed by atoms with E-state index in [1.807, 2.05) is 30.3 Å². The summed E-state index contributed by atoms with van der Waals surface area (Å²) >= 11 is 0. The molecule has 0 aliphatic carbocycles. The average Bonchev–Trinajstić information content (AvgIpc) is 3.10. The molecule has 1 saturated heterocycles. The number of nitrogens with one attached hydrogen (secondary N) is 2. The first-order valence-electron chi connectivity index (χ1n) is 8.85. The molecule has 1 aliphatic heterocycles. The highest BCUT2D eigenvalue weighted by atomic mass is 16.6. The fourth-order valence-corrected chi connectivity index (χ4v) is 2.56. The van der Waals surface area contributed by atoms with Crippen LogP contribution in [0.15, 0.2) is 30.3 Å². The number of carbonyl (C=O) groups excluding carboxylic acids is 4. The highest BCUT2D eigenvalue weighted by Crippen LogP contribution is 2.26. The Labute approximate surface area is 169 Å². The van der Waals surface area contributed by atoms with E-state index < -0.39 is 35.9 Å². The molecule has 29 heavy (non-hydrogen) atoms. The summed E-state index contributed by atoms with van der Waals surface area (Å²) in [6, 6.07) is 7.67. The summed E-state index contributed by atoms with van der Waals surface area (Å²) in [5.74, 6) is -1.86. The minimum atomic E-state index is -1.09. The number of amides is 4. The van der Waals surface area contributed by atoms with Crippen molar-refractivity contribution in [1.82, 2.24) is 15.5 Å². The van der Waals surface area contributed by atoms with Crippen molar-refractivity contribution >= 4 is 23.8 Å². The number of likely N-dealkylation sites (N-methyl/N-ethyl adjacent to an activating group) is 1. The number of benzene rings is 1. The quantitative estimate of drug-likeness (QED) is 0.360. The van der Waals surface area contributed by atoms with Crippen molar-refractivity contribution in [2.45, 2.75) is 18.5 Å². The number of carbonyl (C=O) groups is 4. The molecule has 8 N–H and O–H groups in total. The van der Waals surface area contributed by atoms with E-state index in [4.69, 9.17) is 10.5 Å². The standard InChI is InChI=1S/C16H20N4O5.2CH5N/c1-18-15(23)11(7-13(17)21)19-14(22)8-20-12(9-25-16(20)24)10-5-3-2-4-6-10;2*1-2/h2-6,11-12H,7-9H2,1H3,(H2,17,21)(H,18,23)(H,19,22);2*2H2,1H3/t11-,12-;;/m0../s1. The van der Waals surface area contributed by atoms with Crippen molar-refractivity contribution in [2.24, 2.45) is 17.2 Å². The van der Waals surface area contributed by atoms with Crippen LogP contribution in [0.2, 0.25) is 0 Å². The van der Waals surface area contributed by atoms with Crippen molar-refractivity contribution in [2.75, 3.05) is 34.3 Å². The maximum absolute atomic E-state index is 12.2. The van der Waals surface area contributed by atoms with Gasteiger partial charge in [-0.05, 0) is 19.7 Å². The molecule has 11 heteroatoms. The van der Waals surface area contributed by atoms with Gasteiger partial charge in [0, 0.05) is 7.05 Å². The summed E-state index contributed by atoms with van der Waals surface area (Å²) in [5.41, 5.74) is 14.9. The molecule has 2 rings (SSSR count). The first kappa shape index (κ1) is 25.8. The van der Waals surface area contributed by atoms with Gasteiger partial charge in [0.1, 0.15) is 19.2 Å². The summed E-state index contributed by atoms with van der Waals surface area (Å²) in [4.78, 5) is 48.2. The van der Waals surface area contributed by atoms with Crippen LogP contribution in [0.3, 0.4) is 0 Å². The molecule has 0 bridgehead atoms. The molecule has 0 radical (unpaired) electrons. The van der Waals surface area contributed by atoms with E-state index in [0.717, 1.165) is 5.56 Å². The van der Waals surface area contributed by atoms with Crippen molar-refractivity contribution in [3.63, 3.8) is 0 Å². The summed E-state index contributed by atoms with van der Waals surface area (Å²) < 4.78 is 5.03. The van der Waals surface area contributed by atoms with Crippen molar-refractivity contribution < 1.29 is 23.9 Å². The number of hydrogen-bond acceptors (Lipinski definition) is 7. The van der Waals surface area contributed by atoms with E-state index >= 15 is 0 Å². The number of nitrogens with two attached hydrogens (primary N) is 3. The first-order chi connectivity index (χ1) is 13.9. The third kappa shape index (κ3) is 8.15. The molecule has 1 fully saturated rings. The Morgan fingerprint density at radius 1 is 1.17 bits per heavy atom. The normalized spacial score (nSPS) is 15.6. The largest absolute Gasteiger partial charge is 0.447 e. The van der Waals surface area contributed by atoms with E-state index in [2.05, 4.69) is 22.1 Å². The lowest BCUT2D eigenvalue weighted by Crippen LogP contribution is -2.50. The van der Waals surface area contributed by atoms with Crippen molar-refractivity contribution in [3.8, 4) is 0 Å². The molecule has 4 amide bonds. The van der Waals surface area contributed by atoms with Gasteiger partial charge in [0.05, 0.1) is 12.5 Å². The molecular formula is C18H30N6O5. The van der Waals surface area contributed by atoms with Crippen molar-refractivity contribution in [3.05, 3.63) is 35.9 Å². The zero-order valence-corrected chi connectivity index (χ0v) is 16.9. The Hall–Kier alpha value is -3.18. The first-order valence-corrected chi connectivity index (χ1v) is 8.85. The van der Waals surface area contributed by atoms with E-state index in [0.29, 0.717) is 0 Å². The van der Waals surface area contributed by atoms with Crippen LogP contribution in [0, 0.1) is 0 Å². The molecule has 1 aliphatic rings. The van der Waals surface area contributed by atoms with Gasteiger partial charge in [-0.15, -0.1) is 0 Å². The number of nitrogens with zero attached hydrogens (tertiary/aromatic N) is 1. The second kappa shape index (κ2) is 13.9. The van der Waals surface area contributed by atoms with Crippen LogP contribution >= 0.6 is 0 Å². The summed E-state index contributed by atoms with van der Waals surface area (Å²) in [5, 5.41) is 4.76. The monoisotopic (exact) mass is 410 g/mol. The predicted octanol–water partition coefficient (Wildman–Crippen LogP) is -1.56. The minimum absolute atomic E-state index is 0.135. The maximum Gasteiger partial charge on any atom is 0.410 e. The Kier molecular flexibility index (Phi) is 12.4. The molecule has 0 aromatic heterocycles. The summed E-state index contributed by atoms with van der Waals surface area (Å²) in [6.07, 6.45) is -0.951. The number of hydrogen-bond donors (Lipinski definition) is 5. The van der Waals surface area contributed by atoms with Crippen LogP contribution in [0.5, 0.6) is 0 Å². The van der Waals surface area contributed by atoms with E-state index in [-0.39, 0.29) is 19.6 Å². The van der Waals surface area contributed by atoms with Gasteiger partial charge in [0.25, 0.3) is 0 Å². The van der Waals surface area contributed by atoms with Crippen LogP contribution in [0.1, 0.15) is 18.0 Å². The van der Waals surface area contributed by atoms with E-state index in [1.165, 1.54) is 26.0 Å². The molecule has 162 valence electrons. The Morgan fingerprint density at radius 3 is 2.28 bits per heavy atom. The van der Waals surface area contributed by atoms with Crippen LogP contribution in [-0.4, -0.2) is 69.1 Å². The van der Waals surface area contributed by atoms with Crippen LogP contribution < -0.4 is 27.8 Å². The molecule has 0 spiro atoms. The Bertz CT molecular complexity index is 670. The van der Waals surface area contributed by atoms with Crippen LogP contribution in [-0.2, 0) is 19.1 Å². The number of ether oxygens (including phenoxy) is 1. The molecule has 0 saturated carbocycles. The van der Waals surface area contributed by atoms with E-state index in [1.54, 1.807) is 0 Å². The maximum atomic E-state index is 12.2. The highest BCUT2D eigenvalue weighted by Gasteiger charge is 2.36. The third-order valence-electron chi connectivity index (χ3n) is 3.78. The van der Waals surface area contributed by atoms with E-state index in [9.17, 15) is 19.2 Å². The highest BCUT2D eigenvalue weighted by molar-refractivity contribution is 5.92.